The summed E-state index contributed by atoms with van der Waals surface area (Å²) in [5, 5.41) is 2.21. The minimum Gasteiger partial charge on any atom is -0.482 e. The molecule has 1 aromatic heterocycles. The fourth-order valence-corrected chi connectivity index (χ4v) is 2.21. The Bertz CT molecular complexity index is 924. The lowest BCUT2D eigenvalue weighted by atomic mass is 10.2. The van der Waals surface area contributed by atoms with Crippen LogP contribution < -0.4 is 15.6 Å². The van der Waals surface area contributed by atoms with Gasteiger partial charge in [0.15, 0.2) is 6.61 Å². The van der Waals surface area contributed by atoms with Crippen LogP contribution in [0.3, 0.4) is 0 Å². The van der Waals surface area contributed by atoms with E-state index < -0.39 is 48.3 Å². The van der Waals surface area contributed by atoms with Crippen LogP contribution in [0.1, 0.15) is 5.56 Å². The number of hydrogen-bond acceptors (Lipinski definition) is 3. The molecule has 0 saturated carbocycles. The number of anilines is 1. The van der Waals surface area contributed by atoms with E-state index in [0.29, 0.717) is 22.9 Å². The van der Waals surface area contributed by atoms with Gasteiger partial charge in [0.05, 0.1) is 11.3 Å². The topological polar surface area (TPSA) is 60.3 Å². The summed E-state index contributed by atoms with van der Waals surface area (Å²) in [7, 11) is 0. The van der Waals surface area contributed by atoms with Crippen LogP contribution in [0, 0.1) is 0 Å². The third-order valence-corrected chi connectivity index (χ3v) is 3.47. The van der Waals surface area contributed by atoms with Gasteiger partial charge < -0.3 is 14.6 Å². The molecule has 0 aliphatic heterocycles. The Kier molecular flexibility index (Phi) is 6.27. The number of benzene rings is 1. The van der Waals surface area contributed by atoms with Crippen molar-refractivity contribution in [2.75, 3.05) is 11.9 Å². The van der Waals surface area contributed by atoms with Gasteiger partial charge in [-0.25, -0.2) is 0 Å². The van der Waals surface area contributed by atoms with Crippen LogP contribution in [0.25, 0.3) is 0 Å². The maximum absolute atomic E-state index is 12.7. The molecule has 0 radical (unpaired) electrons. The number of pyridine rings is 1. The monoisotopic (exact) mass is 428 g/mol. The number of alkyl halides is 6. The highest BCUT2D eigenvalue weighted by molar-refractivity contribution is 6.30. The minimum absolute atomic E-state index is 0.0317. The summed E-state index contributed by atoms with van der Waals surface area (Å²) in [6.45, 7) is -2.45. The molecule has 0 aliphatic carbocycles. The molecule has 5 nitrogen and oxygen atoms in total. The number of aromatic nitrogens is 1. The second-order valence-electron chi connectivity index (χ2n) is 5.47. The quantitative estimate of drug-likeness (QED) is 0.729. The van der Waals surface area contributed by atoms with Crippen LogP contribution in [0.15, 0.2) is 41.3 Å². The summed E-state index contributed by atoms with van der Waals surface area (Å²) >= 11 is 5.69. The SMILES string of the molecule is O=C(Cn1cc(C(F)(F)F)ccc1=O)Nc1ccc(Cl)cc1OCC(F)(F)F. The van der Waals surface area contributed by atoms with Crippen LogP contribution in [0.4, 0.5) is 32.0 Å². The Morgan fingerprint density at radius 3 is 2.39 bits per heavy atom. The predicted octanol–water partition coefficient (Wildman–Crippen LogP) is 4.10. The molecule has 0 bridgehead atoms. The standard InChI is InChI=1S/C16H11ClF6N2O3/c17-10-2-3-11(12(5-10)28-8-15(18,19)20)24-13(26)7-25-6-9(16(21,22)23)1-4-14(25)27/h1-6H,7-8H2,(H,24,26). The van der Waals surface area contributed by atoms with E-state index in [4.69, 9.17) is 11.6 Å². The first-order valence-corrected chi connectivity index (χ1v) is 7.79. The Balaban J connectivity index is 2.19. The van der Waals surface area contributed by atoms with E-state index in [9.17, 15) is 35.9 Å². The van der Waals surface area contributed by atoms with Gasteiger partial charge in [0.2, 0.25) is 5.91 Å². The average Bonchev–Trinajstić information content (AvgIpc) is 2.55. The molecule has 1 aromatic carbocycles. The average molecular weight is 429 g/mol. The minimum atomic E-state index is -4.72. The Morgan fingerprint density at radius 2 is 1.79 bits per heavy atom. The van der Waals surface area contributed by atoms with E-state index in [0.717, 1.165) is 12.1 Å². The summed E-state index contributed by atoms with van der Waals surface area (Å²) in [6.07, 6.45) is -8.90. The van der Waals surface area contributed by atoms with Gasteiger partial charge in [-0.05, 0) is 18.2 Å². The van der Waals surface area contributed by atoms with Gasteiger partial charge in [-0.15, -0.1) is 0 Å². The molecular formula is C16H11ClF6N2O3. The zero-order valence-electron chi connectivity index (χ0n) is 13.7. The van der Waals surface area contributed by atoms with Crippen molar-refractivity contribution in [2.24, 2.45) is 0 Å². The summed E-state index contributed by atoms with van der Waals surface area (Å²) in [5.74, 6) is -1.35. The molecule has 2 aromatic rings. The van der Waals surface area contributed by atoms with Crippen LogP contribution in [0.5, 0.6) is 5.75 Å². The lowest BCUT2D eigenvalue weighted by molar-refractivity contribution is -0.153. The number of hydrogen-bond donors (Lipinski definition) is 1. The lowest BCUT2D eigenvalue weighted by Gasteiger charge is -2.15. The van der Waals surface area contributed by atoms with E-state index in [2.05, 4.69) is 10.1 Å². The van der Waals surface area contributed by atoms with Gasteiger partial charge in [0.25, 0.3) is 5.56 Å². The van der Waals surface area contributed by atoms with Crippen molar-refractivity contribution in [1.29, 1.82) is 0 Å². The first-order valence-electron chi connectivity index (χ1n) is 7.42. The highest BCUT2D eigenvalue weighted by Crippen LogP contribution is 2.30. The smallest absolute Gasteiger partial charge is 0.422 e. The molecule has 1 N–H and O–H groups in total. The van der Waals surface area contributed by atoms with Gasteiger partial charge in [0, 0.05) is 23.4 Å². The normalized spacial score (nSPS) is 12.0. The van der Waals surface area contributed by atoms with Crippen LogP contribution >= 0.6 is 11.6 Å². The third-order valence-electron chi connectivity index (χ3n) is 3.23. The van der Waals surface area contributed by atoms with Crippen molar-refractivity contribution in [3.05, 3.63) is 57.5 Å². The zero-order valence-corrected chi connectivity index (χ0v) is 14.5. The highest BCUT2D eigenvalue weighted by Gasteiger charge is 2.31. The van der Waals surface area contributed by atoms with Crippen LogP contribution in [0.2, 0.25) is 5.02 Å². The van der Waals surface area contributed by atoms with E-state index in [1.807, 2.05) is 0 Å². The molecule has 0 unspecified atom stereocenters. The van der Waals surface area contributed by atoms with E-state index in [1.54, 1.807) is 0 Å². The number of nitrogens with zero attached hydrogens (tertiary/aromatic N) is 1. The molecular weight excluding hydrogens is 418 g/mol. The number of carbonyl (C=O) groups is 1. The van der Waals surface area contributed by atoms with E-state index >= 15 is 0 Å². The van der Waals surface area contributed by atoms with Crippen LogP contribution in [-0.4, -0.2) is 23.3 Å². The largest absolute Gasteiger partial charge is 0.482 e. The molecule has 12 heteroatoms. The number of carbonyl (C=O) groups excluding carboxylic acids is 1. The maximum Gasteiger partial charge on any atom is 0.422 e. The van der Waals surface area contributed by atoms with Gasteiger partial charge >= 0.3 is 12.4 Å². The molecule has 152 valence electrons. The first-order chi connectivity index (χ1) is 12.8. The summed E-state index contributed by atoms with van der Waals surface area (Å²) < 4.78 is 80.2. The Morgan fingerprint density at radius 1 is 1.11 bits per heavy atom. The summed E-state index contributed by atoms with van der Waals surface area (Å²) in [4.78, 5) is 23.7. The second kappa shape index (κ2) is 8.13. The maximum atomic E-state index is 12.7. The fraction of sp³-hybridized carbons (Fsp3) is 0.250. The molecule has 1 amide bonds. The lowest BCUT2D eigenvalue weighted by Crippen LogP contribution is -2.28. The molecule has 1 heterocycles. The molecule has 28 heavy (non-hydrogen) atoms. The van der Waals surface area contributed by atoms with Crippen molar-refractivity contribution < 1.29 is 35.9 Å². The number of nitrogens with one attached hydrogen (secondary N) is 1. The summed E-state index contributed by atoms with van der Waals surface area (Å²) in [6, 6.07) is 4.66. The van der Waals surface area contributed by atoms with E-state index in [-0.39, 0.29) is 10.7 Å². The molecule has 0 atom stereocenters. The van der Waals surface area contributed by atoms with Crippen molar-refractivity contribution in [1.82, 2.24) is 4.57 Å². The van der Waals surface area contributed by atoms with Gasteiger partial charge in [-0.2, -0.15) is 26.3 Å². The highest BCUT2D eigenvalue weighted by atomic mass is 35.5. The zero-order chi connectivity index (χ0) is 21.1. The van der Waals surface area contributed by atoms with Crippen LogP contribution in [-0.2, 0) is 17.5 Å². The van der Waals surface area contributed by atoms with Gasteiger partial charge in [-0.1, -0.05) is 11.6 Å². The molecule has 0 aliphatic rings. The first kappa shape index (κ1) is 21.6. The number of halogens is 7. The summed E-state index contributed by atoms with van der Waals surface area (Å²) in [5.41, 5.74) is -2.20. The molecule has 2 rings (SSSR count). The van der Waals surface area contributed by atoms with Crippen molar-refractivity contribution in [2.45, 2.75) is 18.9 Å². The number of ether oxygens (including phenoxy) is 1. The van der Waals surface area contributed by atoms with E-state index in [1.165, 1.54) is 6.07 Å². The van der Waals surface area contributed by atoms with Crippen molar-refractivity contribution in [3.63, 3.8) is 0 Å². The second-order valence-corrected chi connectivity index (χ2v) is 5.91. The molecule has 0 spiro atoms. The number of amides is 1. The van der Waals surface area contributed by atoms with Gasteiger partial charge in [-0.3, -0.25) is 9.59 Å². The Labute approximate surface area is 158 Å². The molecule has 0 saturated heterocycles. The van der Waals surface area contributed by atoms with Crippen molar-refractivity contribution in [3.8, 4) is 5.75 Å². The van der Waals surface area contributed by atoms with Crippen molar-refractivity contribution >= 4 is 23.2 Å². The fourth-order valence-electron chi connectivity index (χ4n) is 2.05. The Hall–Kier alpha value is -2.69. The number of rotatable bonds is 5. The van der Waals surface area contributed by atoms with Gasteiger partial charge in [0.1, 0.15) is 12.3 Å². The predicted molar refractivity (Wildman–Crippen MR) is 87.3 cm³/mol. The molecule has 0 fully saturated rings. The third kappa shape index (κ3) is 6.19.